The van der Waals surface area contributed by atoms with Crippen LogP contribution in [0.5, 0.6) is 0 Å². The van der Waals surface area contributed by atoms with E-state index in [9.17, 15) is 9.59 Å². The summed E-state index contributed by atoms with van der Waals surface area (Å²) in [5, 5.41) is 11.1. The van der Waals surface area contributed by atoms with Crippen LogP contribution >= 0.6 is 0 Å². The summed E-state index contributed by atoms with van der Waals surface area (Å²) in [7, 11) is 0. The quantitative estimate of drug-likeness (QED) is 0.760. The molecule has 0 fully saturated rings. The van der Waals surface area contributed by atoms with Crippen molar-refractivity contribution in [3.8, 4) is 11.4 Å². The lowest BCUT2D eigenvalue weighted by Gasteiger charge is -2.15. The number of anilines is 2. The van der Waals surface area contributed by atoms with Crippen LogP contribution in [0.15, 0.2) is 48.8 Å². The average molecular weight is 375 g/mol. The lowest BCUT2D eigenvalue weighted by atomic mass is 10.1. The molecule has 2 heterocycles. The number of benzene rings is 2. The topological polar surface area (TPSA) is 80.1 Å². The third kappa shape index (κ3) is 3.26. The number of carbonyl (C=O) groups is 2. The largest absolute Gasteiger partial charge is 0.322 e. The number of carbonyl (C=O) groups excluding carboxylic acids is 2. The molecule has 0 aliphatic carbocycles. The first kappa shape index (κ1) is 17.9. The molecule has 1 N–H and O–H groups in total. The summed E-state index contributed by atoms with van der Waals surface area (Å²) in [6.45, 7) is 5.02. The van der Waals surface area contributed by atoms with E-state index in [0.29, 0.717) is 17.8 Å². The molecule has 1 aliphatic rings. The highest BCUT2D eigenvalue weighted by atomic mass is 16.2. The zero-order valence-electron chi connectivity index (χ0n) is 15.8. The minimum Gasteiger partial charge on any atom is -0.322 e. The predicted octanol–water partition coefficient (Wildman–Crippen LogP) is 3.13. The Balaban J connectivity index is 1.55. The first-order valence-corrected chi connectivity index (χ1v) is 9.27. The van der Waals surface area contributed by atoms with Crippen molar-refractivity contribution < 1.29 is 9.59 Å². The Kier molecular flexibility index (Phi) is 4.65. The van der Waals surface area contributed by atoms with Crippen molar-refractivity contribution in [2.45, 2.75) is 26.8 Å². The Morgan fingerprint density at radius 1 is 1.18 bits per heavy atom. The second-order valence-corrected chi connectivity index (χ2v) is 6.74. The standard InChI is InChI=1S/C21H21N5O2/c1-3-25-13-22-24-20(25)16-5-4-6-18(12-16)23-21(28)17-7-8-19-15(11-17)9-10-26(19)14(2)27/h4-8,11-13H,3,9-10H2,1-2H3,(H,23,28). The molecule has 3 aromatic rings. The first-order chi connectivity index (χ1) is 13.6. The maximum atomic E-state index is 12.7. The third-order valence-electron chi connectivity index (χ3n) is 4.95. The highest BCUT2D eigenvalue weighted by molar-refractivity contribution is 6.05. The first-order valence-electron chi connectivity index (χ1n) is 9.27. The van der Waals surface area contributed by atoms with Gasteiger partial charge in [-0.25, -0.2) is 0 Å². The summed E-state index contributed by atoms with van der Waals surface area (Å²) in [5.74, 6) is 0.603. The molecule has 2 aromatic carbocycles. The second-order valence-electron chi connectivity index (χ2n) is 6.74. The van der Waals surface area contributed by atoms with Gasteiger partial charge in [-0.3, -0.25) is 9.59 Å². The van der Waals surface area contributed by atoms with E-state index < -0.39 is 0 Å². The van der Waals surface area contributed by atoms with Gasteiger partial charge in [0.15, 0.2) is 5.82 Å². The SMILES string of the molecule is CCn1cnnc1-c1cccc(NC(=O)c2ccc3c(c2)CCN3C(C)=O)c1. The van der Waals surface area contributed by atoms with Crippen LogP contribution in [0.25, 0.3) is 11.4 Å². The molecule has 7 heteroatoms. The van der Waals surface area contributed by atoms with Gasteiger partial charge in [0.1, 0.15) is 6.33 Å². The van der Waals surface area contributed by atoms with Crippen molar-refractivity contribution >= 4 is 23.2 Å². The normalized spacial score (nSPS) is 12.7. The zero-order valence-corrected chi connectivity index (χ0v) is 15.8. The van der Waals surface area contributed by atoms with Gasteiger partial charge in [0, 0.05) is 42.5 Å². The number of nitrogens with one attached hydrogen (secondary N) is 1. The van der Waals surface area contributed by atoms with Gasteiger partial charge >= 0.3 is 0 Å². The minimum atomic E-state index is -0.182. The highest BCUT2D eigenvalue weighted by Gasteiger charge is 2.23. The monoisotopic (exact) mass is 375 g/mol. The van der Waals surface area contributed by atoms with Crippen molar-refractivity contribution in [1.82, 2.24) is 14.8 Å². The molecule has 0 saturated heterocycles. The molecule has 1 aromatic heterocycles. The van der Waals surface area contributed by atoms with Crippen molar-refractivity contribution in [1.29, 1.82) is 0 Å². The number of fused-ring (bicyclic) bond motifs is 1. The number of aryl methyl sites for hydroxylation is 1. The Hall–Kier alpha value is -3.48. The summed E-state index contributed by atoms with van der Waals surface area (Å²) in [6.07, 6.45) is 2.45. The molecule has 4 rings (SSSR count). The average Bonchev–Trinajstić information content (AvgIpc) is 3.34. The van der Waals surface area contributed by atoms with E-state index in [1.807, 2.05) is 47.9 Å². The molecule has 0 saturated carbocycles. The van der Waals surface area contributed by atoms with Crippen LogP contribution in [-0.2, 0) is 17.8 Å². The smallest absolute Gasteiger partial charge is 0.255 e. The van der Waals surface area contributed by atoms with Crippen LogP contribution in [0, 0.1) is 0 Å². The van der Waals surface area contributed by atoms with Crippen LogP contribution in [-0.4, -0.2) is 33.1 Å². The Labute approximate surface area is 163 Å². The molecule has 28 heavy (non-hydrogen) atoms. The highest BCUT2D eigenvalue weighted by Crippen LogP contribution is 2.29. The second kappa shape index (κ2) is 7.26. The van der Waals surface area contributed by atoms with Crippen molar-refractivity contribution in [2.75, 3.05) is 16.8 Å². The molecule has 0 spiro atoms. The number of amides is 2. The molecule has 2 amide bonds. The number of aromatic nitrogens is 3. The molecular weight excluding hydrogens is 354 g/mol. The molecular formula is C21H21N5O2. The maximum Gasteiger partial charge on any atom is 0.255 e. The van der Waals surface area contributed by atoms with Crippen molar-refractivity contribution in [2.24, 2.45) is 0 Å². The summed E-state index contributed by atoms with van der Waals surface area (Å²) in [4.78, 5) is 26.1. The fraction of sp³-hybridized carbons (Fsp3) is 0.238. The van der Waals surface area contributed by atoms with Crippen molar-refractivity contribution in [3.63, 3.8) is 0 Å². The van der Waals surface area contributed by atoms with Gasteiger partial charge in [-0.05, 0) is 49.2 Å². The Morgan fingerprint density at radius 3 is 2.82 bits per heavy atom. The van der Waals surface area contributed by atoms with E-state index in [1.165, 1.54) is 0 Å². The lowest BCUT2D eigenvalue weighted by molar-refractivity contribution is -0.116. The van der Waals surface area contributed by atoms with Gasteiger partial charge in [0.2, 0.25) is 5.91 Å². The summed E-state index contributed by atoms with van der Waals surface area (Å²) < 4.78 is 1.95. The van der Waals surface area contributed by atoms with Crippen molar-refractivity contribution in [3.05, 3.63) is 59.9 Å². The third-order valence-corrected chi connectivity index (χ3v) is 4.95. The fourth-order valence-electron chi connectivity index (χ4n) is 3.52. The summed E-state index contributed by atoms with van der Waals surface area (Å²) in [5.41, 5.74) is 4.08. The van der Waals surface area contributed by atoms with Crippen LogP contribution < -0.4 is 10.2 Å². The maximum absolute atomic E-state index is 12.7. The number of hydrogen-bond donors (Lipinski definition) is 1. The minimum absolute atomic E-state index is 0.0210. The van der Waals surface area contributed by atoms with E-state index in [2.05, 4.69) is 15.5 Å². The molecule has 0 radical (unpaired) electrons. The Bertz CT molecular complexity index is 1060. The molecule has 142 valence electrons. The van der Waals surface area contributed by atoms with Gasteiger partial charge < -0.3 is 14.8 Å². The van der Waals surface area contributed by atoms with Crippen LogP contribution in [0.2, 0.25) is 0 Å². The van der Waals surface area contributed by atoms with E-state index in [1.54, 1.807) is 24.2 Å². The van der Waals surface area contributed by atoms with Gasteiger partial charge in [0.05, 0.1) is 0 Å². The molecule has 7 nitrogen and oxygen atoms in total. The van der Waals surface area contributed by atoms with E-state index in [0.717, 1.165) is 35.6 Å². The summed E-state index contributed by atoms with van der Waals surface area (Å²) in [6, 6.07) is 13.0. The van der Waals surface area contributed by atoms with Crippen LogP contribution in [0.3, 0.4) is 0 Å². The number of hydrogen-bond acceptors (Lipinski definition) is 4. The van der Waals surface area contributed by atoms with E-state index >= 15 is 0 Å². The fourth-order valence-corrected chi connectivity index (χ4v) is 3.52. The number of nitrogens with zero attached hydrogens (tertiary/aromatic N) is 4. The van der Waals surface area contributed by atoms with Gasteiger partial charge in [0.25, 0.3) is 5.91 Å². The Morgan fingerprint density at radius 2 is 2.04 bits per heavy atom. The molecule has 0 bridgehead atoms. The van der Waals surface area contributed by atoms with Gasteiger partial charge in [-0.2, -0.15) is 0 Å². The predicted molar refractivity (Wildman–Crippen MR) is 107 cm³/mol. The molecule has 0 atom stereocenters. The van der Waals surface area contributed by atoms with E-state index in [-0.39, 0.29) is 11.8 Å². The molecule has 1 aliphatic heterocycles. The van der Waals surface area contributed by atoms with E-state index in [4.69, 9.17) is 0 Å². The van der Waals surface area contributed by atoms with Crippen LogP contribution in [0.1, 0.15) is 29.8 Å². The van der Waals surface area contributed by atoms with Gasteiger partial charge in [-0.15, -0.1) is 10.2 Å². The molecule has 0 unspecified atom stereocenters. The number of rotatable bonds is 4. The lowest BCUT2D eigenvalue weighted by Crippen LogP contribution is -2.25. The summed E-state index contributed by atoms with van der Waals surface area (Å²) >= 11 is 0. The van der Waals surface area contributed by atoms with Gasteiger partial charge in [-0.1, -0.05) is 12.1 Å². The zero-order chi connectivity index (χ0) is 19.7. The van der Waals surface area contributed by atoms with Crippen LogP contribution in [0.4, 0.5) is 11.4 Å².